The second-order valence-corrected chi connectivity index (χ2v) is 8.53. The van der Waals surface area contributed by atoms with Crippen LogP contribution in [0.2, 0.25) is 0 Å². The summed E-state index contributed by atoms with van der Waals surface area (Å²) in [6.45, 7) is 4.46. The minimum atomic E-state index is 0.0718. The van der Waals surface area contributed by atoms with Crippen LogP contribution >= 0.6 is 11.3 Å². The van der Waals surface area contributed by atoms with Crippen molar-refractivity contribution < 1.29 is 4.79 Å². The van der Waals surface area contributed by atoms with Gasteiger partial charge in [-0.25, -0.2) is 4.98 Å². The zero-order valence-electron chi connectivity index (χ0n) is 13.3. The molecule has 1 N–H and O–H groups in total. The normalized spacial score (nSPS) is 30.7. The second kappa shape index (κ2) is 4.77. The fraction of sp³-hybridized carbons (Fsp3) is 0.556. The highest BCUT2D eigenvalue weighted by atomic mass is 32.1. The van der Waals surface area contributed by atoms with E-state index in [1.165, 1.54) is 38.8 Å². The van der Waals surface area contributed by atoms with Crippen molar-refractivity contribution >= 4 is 27.5 Å². The molecule has 1 amide bonds. The van der Waals surface area contributed by atoms with Gasteiger partial charge in [0.05, 0.1) is 21.3 Å². The van der Waals surface area contributed by atoms with E-state index in [2.05, 4.69) is 15.2 Å². The van der Waals surface area contributed by atoms with Crippen molar-refractivity contribution in [1.82, 2.24) is 15.2 Å². The molecule has 4 aliphatic rings. The summed E-state index contributed by atoms with van der Waals surface area (Å²) in [5.74, 6) is 0.735. The average molecular weight is 327 g/mol. The van der Waals surface area contributed by atoms with Gasteiger partial charge < -0.3 is 5.32 Å². The van der Waals surface area contributed by atoms with E-state index in [0.717, 1.165) is 20.8 Å². The third kappa shape index (κ3) is 2.06. The molecule has 23 heavy (non-hydrogen) atoms. The fourth-order valence-electron chi connectivity index (χ4n) is 4.73. The van der Waals surface area contributed by atoms with Gasteiger partial charge in [-0.2, -0.15) is 0 Å². The summed E-state index contributed by atoms with van der Waals surface area (Å²) in [5, 5.41) is 4.43. The first kappa shape index (κ1) is 13.9. The number of nitrogens with one attached hydrogen (secondary N) is 1. The minimum absolute atomic E-state index is 0.0718. The molecule has 4 heterocycles. The molecule has 1 aliphatic carbocycles. The first-order valence-corrected chi connectivity index (χ1v) is 9.40. The fourth-order valence-corrected chi connectivity index (χ4v) is 5.54. The monoisotopic (exact) mass is 327 g/mol. The van der Waals surface area contributed by atoms with Gasteiger partial charge in [0.25, 0.3) is 5.91 Å². The molecule has 1 aromatic heterocycles. The Morgan fingerprint density at radius 3 is 2.87 bits per heavy atom. The summed E-state index contributed by atoms with van der Waals surface area (Å²) in [6, 6.07) is 6.24. The van der Waals surface area contributed by atoms with Crippen molar-refractivity contribution in [2.45, 2.75) is 44.2 Å². The standard InChI is InChI=1S/C18H21N3OS/c1-11-19-14-10-13(2-3-15(14)23-11)17(22)20-16-12-4-8-21(9-5-12)18(16)6-7-18/h2-3,10,12,16H,4-9H2,1H3,(H,20,22)/t16-/m0/s1. The van der Waals surface area contributed by atoms with E-state index in [4.69, 9.17) is 0 Å². The Kier molecular flexibility index (Phi) is 2.89. The number of benzene rings is 1. The van der Waals surface area contributed by atoms with Gasteiger partial charge >= 0.3 is 0 Å². The van der Waals surface area contributed by atoms with E-state index in [-0.39, 0.29) is 11.4 Å². The van der Waals surface area contributed by atoms with E-state index in [1.54, 1.807) is 11.3 Å². The number of hydrogen-bond donors (Lipinski definition) is 1. The van der Waals surface area contributed by atoms with Crippen LogP contribution in [0.15, 0.2) is 18.2 Å². The lowest BCUT2D eigenvalue weighted by Crippen LogP contribution is -2.65. The first-order valence-electron chi connectivity index (χ1n) is 8.59. The number of fused-ring (bicyclic) bond motifs is 3. The predicted molar refractivity (Wildman–Crippen MR) is 91.9 cm³/mol. The molecule has 1 spiro atoms. The number of piperidine rings is 3. The number of carbonyl (C=O) groups is 1. The summed E-state index contributed by atoms with van der Waals surface area (Å²) >= 11 is 1.68. The Balaban J connectivity index is 1.42. The van der Waals surface area contributed by atoms with Gasteiger partial charge in [0.2, 0.25) is 0 Å². The molecule has 120 valence electrons. The Morgan fingerprint density at radius 1 is 1.35 bits per heavy atom. The molecule has 0 unspecified atom stereocenters. The van der Waals surface area contributed by atoms with Gasteiger partial charge in [-0.15, -0.1) is 11.3 Å². The topological polar surface area (TPSA) is 45.2 Å². The van der Waals surface area contributed by atoms with Crippen molar-refractivity contribution in [3.05, 3.63) is 28.8 Å². The summed E-state index contributed by atoms with van der Waals surface area (Å²) in [7, 11) is 0. The number of aromatic nitrogens is 1. The molecular weight excluding hydrogens is 306 g/mol. The third-order valence-electron chi connectivity index (χ3n) is 6.03. The molecule has 1 atom stereocenters. The zero-order valence-corrected chi connectivity index (χ0v) is 14.2. The number of hydrogen-bond acceptors (Lipinski definition) is 4. The third-order valence-corrected chi connectivity index (χ3v) is 6.98. The number of nitrogens with zero attached hydrogens (tertiary/aromatic N) is 2. The van der Waals surface area contributed by atoms with Gasteiger partial charge in [0.1, 0.15) is 0 Å². The van der Waals surface area contributed by atoms with E-state index in [1.807, 2.05) is 25.1 Å². The SMILES string of the molecule is Cc1nc2cc(C(=O)N[C@H]3C4CCN(CC4)C34CC4)ccc2s1. The van der Waals surface area contributed by atoms with Crippen LogP contribution in [-0.2, 0) is 0 Å². The van der Waals surface area contributed by atoms with Crippen LogP contribution in [0, 0.1) is 12.8 Å². The summed E-state index contributed by atoms with van der Waals surface area (Å²) < 4.78 is 1.15. The maximum atomic E-state index is 12.8. The molecular formula is C18H21N3OS. The molecule has 1 saturated carbocycles. The van der Waals surface area contributed by atoms with E-state index >= 15 is 0 Å². The number of amides is 1. The van der Waals surface area contributed by atoms with Crippen LogP contribution < -0.4 is 5.32 Å². The van der Waals surface area contributed by atoms with Crippen molar-refractivity contribution in [2.24, 2.45) is 5.92 Å². The quantitative estimate of drug-likeness (QED) is 0.922. The first-order chi connectivity index (χ1) is 11.2. The van der Waals surface area contributed by atoms with E-state index in [0.29, 0.717) is 12.0 Å². The van der Waals surface area contributed by atoms with Gasteiger partial charge in [-0.3, -0.25) is 9.69 Å². The summed E-state index contributed by atoms with van der Waals surface area (Å²) in [5.41, 5.74) is 1.98. The Labute approximate surface area is 139 Å². The van der Waals surface area contributed by atoms with Gasteiger partial charge in [0.15, 0.2) is 0 Å². The molecule has 4 fully saturated rings. The maximum Gasteiger partial charge on any atom is 0.251 e. The largest absolute Gasteiger partial charge is 0.347 e. The van der Waals surface area contributed by atoms with Crippen LogP contribution in [0.4, 0.5) is 0 Å². The Hall–Kier alpha value is -1.46. The molecule has 2 aromatic rings. The molecule has 0 radical (unpaired) electrons. The van der Waals surface area contributed by atoms with Gasteiger partial charge in [-0.05, 0) is 69.8 Å². The number of rotatable bonds is 2. The van der Waals surface area contributed by atoms with Crippen molar-refractivity contribution in [3.8, 4) is 0 Å². The van der Waals surface area contributed by atoms with Crippen LogP contribution in [-0.4, -0.2) is 40.5 Å². The van der Waals surface area contributed by atoms with E-state index in [9.17, 15) is 4.79 Å². The average Bonchev–Trinajstić information content (AvgIpc) is 3.24. The van der Waals surface area contributed by atoms with Gasteiger partial charge in [0, 0.05) is 11.1 Å². The van der Waals surface area contributed by atoms with Crippen molar-refractivity contribution in [2.75, 3.05) is 13.1 Å². The molecule has 6 rings (SSSR count). The highest BCUT2D eigenvalue weighted by Gasteiger charge is 2.60. The molecule has 2 bridgehead atoms. The van der Waals surface area contributed by atoms with Crippen LogP contribution in [0.3, 0.4) is 0 Å². The summed E-state index contributed by atoms with van der Waals surface area (Å²) in [6.07, 6.45) is 4.96. The van der Waals surface area contributed by atoms with Crippen molar-refractivity contribution in [1.29, 1.82) is 0 Å². The molecule has 5 heteroatoms. The molecule has 3 saturated heterocycles. The number of carbonyl (C=O) groups excluding carboxylic acids is 1. The smallest absolute Gasteiger partial charge is 0.251 e. The number of thiazole rings is 1. The molecule has 4 nitrogen and oxygen atoms in total. The minimum Gasteiger partial charge on any atom is -0.347 e. The summed E-state index contributed by atoms with van der Waals surface area (Å²) in [4.78, 5) is 19.9. The lowest BCUT2D eigenvalue weighted by molar-refractivity contribution is -0.00144. The second-order valence-electron chi connectivity index (χ2n) is 7.29. The number of aryl methyl sites for hydroxylation is 1. The lowest BCUT2D eigenvalue weighted by Gasteiger charge is -2.52. The zero-order chi connectivity index (χ0) is 15.6. The highest BCUT2D eigenvalue weighted by molar-refractivity contribution is 7.18. The molecule has 1 aromatic carbocycles. The lowest BCUT2D eigenvalue weighted by atomic mass is 9.77. The maximum absolute atomic E-state index is 12.8. The highest BCUT2D eigenvalue weighted by Crippen LogP contribution is 2.53. The Bertz CT molecular complexity index is 787. The van der Waals surface area contributed by atoms with E-state index < -0.39 is 0 Å². The Morgan fingerprint density at radius 2 is 2.13 bits per heavy atom. The van der Waals surface area contributed by atoms with Crippen LogP contribution in [0.25, 0.3) is 10.2 Å². The van der Waals surface area contributed by atoms with Crippen LogP contribution in [0.1, 0.15) is 41.0 Å². The van der Waals surface area contributed by atoms with Gasteiger partial charge in [-0.1, -0.05) is 0 Å². The predicted octanol–water partition coefficient (Wildman–Crippen LogP) is 2.96. The van der Waals surface area contributed by atoms with Crippen molar-refractivity contribution in [3.63, 3.8) is 0 Å². The molecule has 3 aliphatic heterocycles. The van der Waals surface area contributed by atoms with Crippen LogP contribution in [0.5, 0.6) is 0 Å².